The number of hydrogen-bond acceptors (Lipinski definition) is 3. The van der Waals surface area contributed by atoms with Crippen LogP contribution in [0.3, 0.4) is 0 Å². The molecule has 0 unspecified atom stereocenters. The number of nitrogens with zero attached hydrogens (tertiary/aromatic N) is 1. The number of fused-ring (bicyclic) bond motifs is 1. The molecule has 0 aliphatic heterocycles. The van der Waals surface area contributed by atoms with Crippen LogP contribution in [0.2, 0.25) is 0 Å². The minimum Gasteiger partial charge on any atom is -0.478 e. The van der Waals surface area contributed by atoms with Gasteiger partial charge in [-0.25, -0.2) is 9.78 Å². The van der Waals surface area contributed by atoms with Crippen LogP contribution >= 0.6 is 0 Å². The predicted molar refractivity (Wildman–Crippen MR) is 79.2 cm³/mol. The number of hydrogen-bond donors (Lipinski definition) is 2. The second kappa shape index (κ2) is 4.78. The Bertz CT molecular complexity index is 661. The molecule has 2 N–H and O–H groups in total. The van der Waals surface area contributed by atoms with E-state index < -0.39 is 5.97 Å². The number of benzene rings is 1. The second-order valence-corrected chi connectivity index (χ2v) is 5.77. The Morgan fingerprint density at radius 3 is 2.70 bits per heavy atom. The number of nitrogens with one attached hydrogen (secondary N) is 1. The topological polar surface area (TPSA) is 62.2 Å². The third kappa shape index (κ3) is 2.33. The fraction of sp³-hybridized carbons (Fsp3) is 0.375. The summed E-state index contributed by atoms with van der Waals surface area (Å²) in [5.74, 6) is -0.256. The molecule has 1 aromatic heterocycles. The summed E-state index contributed by atoms with van der Waals surface area (Å²) < 4.78 is 0. The van der Waals surface area contributed by atoms with Gasteiger partial charge in [-0.15, -0.1) is 0 Å². The first-order chi connectivity index (χ1) is 9.57. The van der Waals surface area contributed by atoms with Gasteiger partial charge in [0.15, 0.2) is 0 Å². The lowest BCUT2D eigenvalue weighted by molar-refractivity contribution is 0.0699. The molecule has 1 aliphatic carbocycles. The van der Waals surface area contributed by atoms with Crippen LogP contribution in [0, 0.1) is 0 Å². The van der Waals surface area contributed by atoms with Gasteiger partial charge in [0.25, 0.3) is 0 Å². The van der Waals surface area contributed by atoms with Gasteiger partial charge in [0, 0.05) is 10.9 Å². The zero-order valence-electron chi connectivity index (χ0n) is 11.5. The highest BCUT2D eigenvalue weighted by Crippen LogP contribution is 2.33. The second-order valence-electron chi connectivity index (χ2n) is 5.77. The number of carboxylic acid groups (broad SMARTS) is 1. The summed E-state index contributed by atoms with van der Waals surface area (Å²) >= 11 is 0. The van der Waals surface area contributed by atoms with Crippen molar-refractivity contribution < 1.29 is 9.90 Å². The summed E-state index contributed by atoms with van der Waals surface area (Å²) in [6.07, 6.45) is 4.62. The minimum absolute atomic E-state index is 0.0330. The van der Waals surface area contributed by atoms with Crippen molar-refractivity contribution in [1.29, 1.82) is 0 Å². The molecule has 0 atom stereocenters. The Morgan fingerprint density at radius 2 is 2.00 bits per heavy atom. The molecular formula is C16H18N2O2. The molecule has 0 amide bonds. The van der Waals surface area contributed by atoms with Gasteiger partial charge in [0.05, 0.1) is 11.1 Å². The number of carbonyl (C=O) groups is 1. The Labute approximate surface area is 117 Å². The van der Waals surface area contributed by atoms with E-state index in [4.69, 9.17) is 0 Å². The molecule has 104 valence electrons. The normalized spacial score (nSPS) is 17.2. The average molecular weight is 270 g/mol. The van der Waals surface area contributed by atoms with Crippen molar-refractivity contribution in [3.8, 4) is 0 Å². The summed E-state index contributed by atoms with van der Waals surface area (Å²) in [6, 6.07) is 9.01. The van der Waals surface area contributed by atoms with E-state index in [0.717, 1.165) is 18.4 Å². The van der Waals surface area contributed by atoms with Gasteiger partial charge in [-0.05, 0) is 31.9 Å². The lowest BCUT2D eigenvalue weighted by Crippen LogP contribution is -2.31. The maximum atomic E-state index is 11.4. The van der Waals surface area contributed by atoms with Gasteiger partial charge in [-0.3, -0.25) is 0 Å². The monoisotopic (exact) mass is 270 g/mol. The zero-order valence-corrected chi connectivity index (χ0v) is 11.5. The number of aromatic nitrogens is 1. The van der Waals surface area contributed by atoms with Crippen molar-refractivity contribution in [1.82, 2.24) is 4.98 Å². The molecule has 2 aromatic rings. The van der Waals surface area contributed by atoms with Crippen LogP contribution in [0.5, 0.6) is 0 Å². The summed E-state index contributed by atoms with van der Waals surface area (Å²) in [5.41, 5.74) is 1.06. The number of rotatable bonds is 3. The zero-order chi connectivity index (χ0) is 14.2. The minimum atomic E-state index is -0.914. The summed E-state index contributed by atoms with van der Waals surface area (Å²) in [4.78, 5) is 16.0. The molecule has 0 radical (unpaired) electrons. The fourth-order valence-electron chi connectivity index (χ4n) is 3.01. The quantitative estimate of drug-likeness (QED) is 0.893. The van der Waals surface area contributed by atoms with E-state index in [1.165, 1.54) is 12.8 Å². The highest BCUT2D eigenvalue weighted by molar-refractivity contribution is 6.03. The number of carboxylic acids is 1. The Hall–Kier alpha value is -2.10. The highest BCUT2D eigenvalue weighted by Gasteiger charge is 2.29. The lowest BCUT2D eigenvalue weighted by atomic mass is 10.0. The average Bonchev–Trinajstić information content (AvgIpc) is 2.84. The van der Waals surface area contributed by atoms with Crippen LogP contribution < -0.4 is 5.32 Å². The molecule has 1 aliphatic rings. The first-order valence-corrected chi connectivity index (χ1v) is 6.99. The molecule has 0 saturated heterocycles. The van der Waals surface area contributed by atoms with Crippen LogP contribution in [0.4, 0.5) is 5.82 Å². The molecular weight excluding hydrogens is 252 g/mol. The third-order valence-electron chi connectivity index (χ3n) is 4.08. The number of aromatic carboxylic acids is 1. The maximum Gasteiger partial charge on any atom is 0.336 e. The molecule has 4 heteroatoms. The summed E-state index contributed by atoms with van der Waals surface area (Å²) in [5, 5.41) is 13.5. The van der Waals surface area contributed by atoms with E-state index in [-0.39, 0.29) is 5.54 Å². The van der Waals surface area contributed by atoms with Gasteiger partial charge in [0.1, 0.15) is 5.82 Å². The Balaban J connectivity index is 2.05. The molecule has 0 bridgehead atoms. The number of pyridine rings is 1. The van der Waals surface area contributed by atoms with Crippen LogP contribution in [0.1, 0.15) is 43.0 Å². The van der Waals surface area contributed by atoms with Crippen molar-refractivity contribution in [2.75, 3.05) is 5.32 Å². The van der Waals surface area contributed by atoms with Gasteiger partial charge >= 0.3 is 5.97 Å². The predicted octanol–water partition coefficient (Wildman–Crippen LogP) is 3.68. The van der Waals surface area contributed by atoms with Crippen molar-refractivity contribution in [3.05, 3.63) is 35.9 Å². The molecule has 0 spiro atoms. The molecule has 1 saturated carbocycles. The molecule has 3 rings (SSSR count). The van der Waals surface area contributed by atoms with Gasteiger partial charge in [0.2, 0.25) is 0 Å². The van der Waals surface area contributed by atoms with E-state index >= 15 is 0 Å². The smallest absolute Gasteiger partial charge is 0.336 e. The fourth-order valence-corrected chi connectivity index (χ4v) is 3.01. The van der Waals surface area contributed by atoms with Gasteiger partial charge in [-0.2, -0.15) is 0 Å². The van der Waals surface area contributed by atoms with Gasteiger partial charge < -0.3 is 10.4 Å². The summed E-state index contributed by atoms with van der Waals surface area (Å²) in [6.45, 7) is 2.18. The molecule has 1 fully saturated rings. The maximum absolute atomic E-state index is 11.4. The van der Waals surface area contributed by atoms with E-state index in [1.807, 2.05) is 18.2 Å². The van der Waals surface area contributed by atoms with E-state index in [9.17, 15) is 9.90 Å². The highest BCUT2D eigenvalue weighted by atomic mass is 16.4. The summed E-state index contributed by atoms with van der Waals surface area (Å²) in [7, 11) is 0. The molecule has 4 nitrogen and oxygen atoms in total. The van der Waals surface area contributed by atoms with Crippen molar-refractivity contribution in [2.45, 2.75) is 38.1 Å². The Morgan fingerprint density at radius 1 is 1.30 bits per heavy atom. The van der Waals surface area contributed by atoms with Crippen molar-refractivity contribution >= 4 is 22.7 Å². The van der Waals surface area contributed by atoms with Crippen LogP contribution in [0.25, 0.3) is 10.9 Å². The van der Waals surface area contributed by atoms with E-state index in [1.54, 1.807) is 12.1 Å². The van der Waals surface area contributed by atoms with E-state index in [2.05, 4.69) is 17.2 Å². The third-order valence-corrected chi connectivity index (χ3v) is 4.08. The number of anilines is 1. The molecule has 20 heavy (non-hydrogen) atoms. The van der Waals surface area contributed by atoms with Crippen molar-refractivity contribution in [3.63, 3.8) is 0 Å². The molecule has 1 heterocycles. The van der Waals surface area contributed by atoms with Crippen LogP contribution in [0.15, 0.2) is 30.3 Å². The standard InChI is InChI=1S/C16H18N2O2/c1-16(8-4-5-9-16)18-14-10-12(15(19)20)11-6-2-3-7-13(11)17-14/h2-3,6-7,10H,4-5,8-9H2,1H3,(H,17,18)(H,19,20). The van der Waals surface area contributed by atoms with E-state index in [0.29, 0.717) is 16.8 Å². The first-order valence-electron chi connectivity index (χ1n) is 6.99. The van der Waals surface area contributed by atoms with Crippen LogP contribution in [-0.4, -0.2) is 21.6 Å². The van der Waals surface area contributed by atoms with Gasteiger partial charge in [-0.1, -0.05) is 31.0 Å². The SMILES string of the molecule is CC1(Nc2cc(C(=O)O)c3ccccc3n2)CCCC1. The largest absolute Gasteiger partial charge is 0.478 e. The first kappa shape index (κ1) is 12.9. The lowest BCUT2D eigenvalue weighted by Gasteiger charge is -2.26. The number of para-hydroxylation sites is 1. The molecule has 1 aromatic carbocycles. The van der Waals surface area contributed by atoms with Crippen LogP contribution in [-0.2, 0) is 0 Å². The Kier molecular flexibility index (Phi) is 3.08. The van der Waals surface area contributed by atoms with Crippen molar-refractivity contribution in [2.24, 2.45) is 0 Å².